The molecular weight excluding hydrogens is 416 g/mol. The molecule has 172 valence electrons. The van der Waals surface area contributed by atoms with Gasteiger partial charge in [-0.25, -0.2) is 0 Å². The molecule has 2 aromatic carbocycles. The molecule has 0 unspecified atom stereocenters. The van der Waals surface area contributed by atoms with Crippen LogP contribution in [0, 0.1) is 13.8 Å². The van der Waals surface area contributed by atoms with Crippen LogP contribution < -0.4 is 4.74 Å². The number of ether oxygens (including phenoxy) is 2. The van der Waals surface area contributed by atoms with Crippen LogP contribution in [-0.2, 0) is 10.2 Å². The third kappa shape index (κ3) is 3.30. The lowest BCUT2D eigenvalue weighted by molar-refractivity contribution is -0.277. The zero-order chi connectivity index (χ0) is 23.5. The van der Waals surface area contributed by atoms with Crippen LogP contribution in [0.4, 0.5) is 0 Å². The van der Waals surface area contributed by atoms with Gasteiger partial charge in [0.15, 0.2) is 5.78 Å². The number of aliphatic hydroxyl groups excluding tert-OH is 4. The maximum absolute atomic E-state index is 13.3. The van der Waals surface area contributed by atoms with Gasteiger partial charge in [0, 0.05) is 11.0 Å². The topological polar surface area (TPSA) is 137 Å². The number of hydrogen-bond acceptors (Lipinski definition) is 8. The fraction of sp³-hybridized carbons (Fsp3) is 0.458. The molecule has 1 aliphatic heterocycles. The summed E-state index contributed by atoms with van der Waals surface area (Å²) in [7, 11) is 0. The summed E-state index contributed by atoms with van der Waals surface area (Å²) in [5, 5.41) is 50.3. The number of phenols is 1. The molecule has 2 aliphatic rings. The lowest BCUT2D eigenvalue weighted by Gasteiger charge is -2.40. The number of aromatic hydroxyl groups is 1. The average Bonchev–Trinajstić information content (AvgIpc) is 2.74. The van der Waals surface area contributed by atoms with Crippen LogP contribution in [0.5, 0.6) is 11.5 Å². The smallest absolute Gasteiger partial charge is 0.229 e. The van der Waals surface area contributed by atoms with Gasteiger partial charge >= 0.3 is 0 Å². The Hall–Kier alpha value is -2.49. The Morgan fingerprint density at radius 2 is 1.66 bits per heavy atom. The first-order valence-electron chi connectivity index (χ1n) is 10.5. The molecule has 5 atom stereocenters. The molecule has 2 aromatic rings. The molecule has 4 rings (SSSR count). The van der Waals surface area contributed by atoms with Crippen molar-refractivity contribution in [2.45, 2.75) is 63.8 Å². The van der Waals surface area contributed by atoms with Gasteiger partial charge in [-0.15, -0.1) is 0 Å². The van der Waals surface area contributed by atoms with Crippen molar-refractivity contribution >= 4 is 5.78 Å². The Kier molecular flexibility index (Phi) is 5.55. The third-order valence-corrected chi connectivity index (χ3v) is 6.59. The van der Waals surface area contributed by atoms with Crippen molar-refractivity contribution in [2.75, 3.05) is 6.61 Å². The molecule has 0 spiro atoms. The number of aryl methyl sites for hydroxylation is 2. The van der Waals surface area contributed by atoms with Gasteiger partial charge in [0.2, 0.25) is 6.29 Å². The molecule has 8 heteroatoms. The minimum absolute atomic E-state index is 0.0210. The highest BCUT2D eigenvalue weighted by Crippen LogP contribution is 2.47. The van der Waals surface area contributed by atoms with Crippen LogP contribution in [-0.4, -0.2) is 68.6 Å². The monoisotopic (exact) mass is 444 g/mol. The molecule has 1 aliphatic carbocycles. The van der Waals surface area contributed by atoms with E-state index in [1.165, 1.54) is 0 Å². The number of carbonyl (C=O) groups excluding carboxylic acids is 1. The highest BCUT2D eigenvalue weighted by molar-refractivity contribution is 6.15. The maximum atomic E-state index is 13.3. The maximum Gasteiger partial charge on any atom is 0.229 e. The average molecular weight is 444 g/mol. The van der Waals surface area contributed by atoms with Crippen molar-refractivity contribution in [3.8, 4) is 11.5 Å². The number of aliphatic hydroxyl groups is 4. The minimum atomic E-state index is -1.55. The Morgan fingerprint density at radius 3 is 2.31 bits per heavy atom. The molecule has 1 heterocycles. The van der Waals surface area contributed by atoms with Crippen molar-refractivity contribution in [2.24, 2.45) is 0 Å². The zero-order valence-corrected chi connectivity index (χ0v) is 18.4. The van der Waals surface area contributed by atoms with Gasteiger partial charge in [0.1, 0.15) is 35.9 Å². The van der Waals surface area contributed by atoms with E-state index in [4.69, 9.17) is 9.47 Å². The van der Waals surface area contributed by atoms with Crippen molar-refractivity contribution in [3.63, 3.8) is 0 Å². The van der Waals surface area contributed by atoms with E-state index in [0.29, 0.717) is 39.1 Å². The molecule has 8 nitrogen and oxygen atoms in total. The van der Waals surface area contributed by atoms with Gasteiger partial charge < -0.3 is 35.0 Å². The zero-order valence-electron chi connectivity index (χ0n) is 18.4. The number of carbonyl (C=O) groups is 1. The van der Waals surface area contributed by atoms with E-state index in [1.807, 2.05) is 19.9 Å². The summed E-state index contributed by atoms with van der Waals surface area (Å²) in [6.45, 7) is 6.83. The van der Waals surface area contributed by atoms with E-state index >= 15 is 0 Å². The number of phenolic OH excluding ortho intramolecular Hbond substituents is 1. The lowest BCUT2D eigenvalue weighted by atomic mass is 9.67. The van der Waals surface area contributed by atoms with Gasteiger partial charge in [0.25, 0.3) is 0 Å². The number of hydrogen-bond donors (Lipinski definition) is 5. The predicted octanol–water partition coefficient (Wildman–Crippen LogP) is 1.06. The number of ketones is 1. The SMILES string of the molecule is Cc1ccc2c(c1O)C(=O)c1c(C)cc(O[C@H]3O[C@H](CO)[C@H](O)[C@H](O)[C@H]3O)cc1C2(C)C. The van der Waals surface area contributed by atoms with E-state index < -0.39 is 42.7 Å². The van der Waals surface area contributed by atoms with Crippen molar-refractivity contribution in [3.05, 3.63) is 57.6 Å². The number of benzene rings is 2. The van der Waals surface area contributed by atoms with Gasteiger partial charge in [0.05, 0.1) is 12.2 Å². The van der Waals surface area contributed by atoms with Gasteiger partial charge in [-0.05, 0) is 48.2 Å². The number of fused-ring (bicyclic) bond motifs is 2. The summed E-state index contributed by atoms with van der Waals surface area (Å²) in [6, 6.07) is 6.91. The molecule has 0 bridgehead atoms. The second-order valence-electron chi connectivity index (χ2n) is 9.09. The molecular formula is C24H28O8. The second-order valence-corrected chi connectivity index (χ2v) is 9.09. The summed E-state index contributed by atoms with van der Waals surface area (Å²) in [5.74, 6) is 0.00548. The molecule has 0 saturated carbocycles. The fourth-order valence-electron chi connectivity index (χ4n) is 4.63. The van der Waals surface area contributed by atoms with Crippen LogP contribution in [0.1, 0.15) is 52.0 Å². The third-order valence-electron chi connectivity index (χ3n) is 6.59. The highest BCUT2D eigenvalue weighted by atomic mass is 16.7. The van der Waals surface area contributed by atoms with Crippen molar-refractivity contribution in [1.29, 1.82) is 0 Å². The molecule has 0 aromatic heterocycles. The summed E-state index contributed by atoms with van der Waals surface area (Å²) in [5.41, 5.74) is 2.77. The fourth-order valence-corrected chi connectivity index (χ4v) is 4.63. The lowest BCUT2D eigenvalue weighted by Crippen LogP contribution is -2.60. The predicted molar refractivity (Wildman–Crippen MR) is 114 cm³/mol. The largest absolute Gasteiger partial charge is 0.507 e. The van der Waals surface area contributed by atoms with E-state index in [1.54, 1.807) is 32.0 Å². The van der Waals surface area contributed by atoms with Crippen LogP contribution in [0.2, 0.25) is 0 Å². The van der Waals surface area contributed by atoms with Gasteiger partial charge in [-0.2, -0.15) is 0 Å². The number of rotatable bonds is 3. The van der Waals surface area contributed by atoms with Gasteiger partial charge in [-0.3, -0.25) is 4.79 Å². The highest BCUT2D eigenvalue weighted by Gasteiger charge is 2.45. The molecule has 0 radical (unpaired) electrons. The summed E-state index contributed by atoms with van der Waals surface area (Å²) in [6.07, 6.45) is -7.00. The standard InChI is InChI=1S/C24H28O8/c1-10-5-6-13-17(18(10)26)20(28)16-11(2)7-12(8-14(16)24(13,3)4)31-23-22(30)21(29)19(27)15(9-25)32-23/h5-8,15,19,21-23,25-27,29-30H,9H2,1-4H3/t15-,19+,21+,22-,23+/m1/s1. The normalized spacial score (nSPS) is 28.8. The molecule has 1 saturated heterocycles. The van der Waals surface area contributed by atoms with Crippen LogP contribution in [0.25, 0.3) is 0 Å². The Balaban J connectivity index is 1.76. The Morgan fingerprint density at radius 1 is 0.969 bits per heavy atom. The summed E-state index contributed by atoms with van der Waals surface area (Å²) >= 11 is 0. The Bertz CT molecular complexity index is 1070. The first-order chi connectivity index (χ1) is 15.0. The van der Waals surface area contributed by atoms with E-state index in [2.05, 4.69) is 0 Å². The molecule has 32 heavy (non-hydrogen) atoms. The first-order valence-corrected chi connectivity index (χ1v) is 10.5. The van der Waals surface area contributed by atoms with Crippen molar-refractivity contribution < 1.29 is 39.8 Å². The molecule has 0 amide bonds. The molecule has 5 N–H and O–H groups in total. The summed E-state index contributed by atoms with van der Waals surface area (Å²) in [4.78, 5) is 13.3. The van der Waals surface area contributed by atoms with Gasteiger partial charge in [-0.1, -0.05) is 26.0 Å². The van der Waals surface area contributed by atoms with Crippen LogP contribution in [0.3, 0.4) is 0 Å². The summed E-state index contributed by atoms with van der Waals surface area (Å²) < 4.78 is 11.3. The van der Waals surface area contributed by atoms with Crippen molar-refractivity contribution in [1.82, 2.24) is 0 Å². The first kappa shape index (κ1) is 22.7. The van der Waals surface area contributed by atoms with E-state index in [9.17, 15) is 30.3 Å². The van der Waals surface area contributed by atoms with Crippen LogP contribution >= 0.6 is 0 Å². The quantitative estimate of drug-likeness (QED) is 0.474. The van der Waals surface area contributed by atoms with E-state index in [-0.39, 0.29) is 11.5 Å². The van der Waals surface area contributed by atoms with E-state index in [0.717, 1.165) is 0 Å². The minimum Gasteiger partial charge on any atom is -0.507 e. The van der Waals surface area contributed by atoms with Crippen LogP contribution in [0.15, 0.2) is 24.3 Å². The molecule has 1 fully saturated rings. The second kappa shape index (κ2) is 7.83. The Labute approximate surface area is 185 Å².